The van der Waals surface area contributed by atoms with Gasteiger partial charge in [0.25, 0.3) is 5.91 Å². The number of halogens is 2. The lowest BCUT2D eigenvalue weighted by Crippen LogP contribution is -2.23. The van der Waals surface area contributed by atoms with Gasteiger partial charge in [-0.15, -0.1) is 5.10 Å². The van der Waals surface area contributed by atoms with Gasteiger partial charge in [-0.3, -0.25) is 10.1 Å². The Labute approximate surface area is 173 Å². The second-order valence-corrected chi connectivity index (χ2v) is 6.99. The van der Waals surface area contributed by atoms with Crippen LogP contribution < -0.4 is 10.1 Å². The molecule has 1 saturated heterocycles. The number of nitrogens with zero attached hydrogens (tertiary/aromatic N) is 2. The third-order valence-electron chi connectivity index (χ3n) is 3.12. The van der Waals surface area contributed by atoms with Gasteiger partial charge < -0.3 is 14.6 Å². The predicted molar refractivity (Wildman–Crippen MR) is 105 cm³/mol. The molecule has 28 heavy (non-hydrogen) atoms. The van der Waals surface area contributed by atoms with Crippen LogP contribution in [-0.2, 0) is 19.1 Å². The Morgan fingerprint density at radius 1 is 1.32 bits per heavy atom. The van der Waals surface area contributed by atoms with E-state index in [4.69, 9.17) is 33.0 Å². The molecule has 0 radical (unpaired) electrons. The highest BCUT2D eigenvalue weighted by Crippen LogP contribution is 2.34. The number of amidine groups is 1. The quantitative estimate of drug-likeness (QED) is 0.298. The van der Waals surface area contributed by atoms with Crippen LogP contribution in [0, 0.1) is 0 Å². The molecule has 2 rings (SSSR count). The number of carbonyl (C=O) groups is 3. The number of thioether (sulfide) groups is 1. The van der Waals surface area contributed by atoms with E-state index in [9.17, 15) is 14.4 Å². The Hall–Kier alpha value is -2.56. The van der Waals surface area contributed by atoms with Crippen molar-refractivity contribution in [2.75, 3.05) is 7.11 Å². The Morgan fingerprint density at radius 2 is 1.96 bits per heavy atom. The van der Waals surface area contributed by atoms with Crippen LogP contribution in [0.4, 0.5) is 0 Å². The molecule has 1 atom stereocenters. The molecule has 0 spiro atoms. The van der Waals surface area contributed by atoms with Crippen molar-refractivity contribution < 1.29 is 29.0 Å². The first-order valence-corrected chi connectivity index (χ1v) is 9.07. The minimum Gasteiger partial charge on any atom is -0.479 e. The van der Waals surface area contributed by atoms with E-state index in [0.29, 0.717) is 5.56 Å². The molecule has 1 aromatic rings. The van der Waals surface area contributed by atoms with Gasteiger partial charge in [-0.25, -0.2) is 9.59 Å². The van der Waals surface area contributed by atoms with Crippen molar-refractivity contribution in [3.05, 3.63) is 38.7 Å². The van der Waals surface area contributed by atoms with Gasteiger partial charge in [0.1, 0.15) is 0 Å². The zero-order valence-electron chi connectivity index (χ0n) is 14.4. The lowest BCUT2D eigenvalue weighted by molar-refractivity contribution is -0.144. The fourth-order valence-corrected chi connectivity index (χ4v) is 3.11. The molecule has 0 bridgehead atoms. The molecule has 0 aromatic heterocycles. The molecule has 1 fully saturated rings. The molecule has 1 unspecified atom stereocenters. The lowest BCUT2D eigenvalue weighted by Gasteiger charge is -2.13. The van der Waals surface area contributed by atoms with E-state index < -0.39 is 23.9 Å². The van der Waals surface area contributed by atoms with Gasteiger partial charge in [0.2, 0.25) is 0 Å². The molecule has 1 aromatic carbocycles. The summed E-state index contributed by atoms with van der Waals surface area (Å²) in [6.45, 7) is 1.34. The van der Waals surface area contributed by atoms with Crippen LogP contribution in [0.2, 0.25) is 10.0 Å². The van der Waals surface area contributed by atoms with Crippen molar-refractivity contribution in [1.29, 1.82) is 0 Å². The first kappa shape index (κ1) is 21.7. The van der Waals surface area contributed by atoms with E-state index in [1.165, 1.54) is 32.4 Å². The van der Waals surface area contributed by atoms with Gasteiger partial charge in [0, 0.05) is 6.08 Å². The second kappa shape index (κ2) is 9.58. The van der Waals surface area contributed by atoms with Crippen LogP contribution in [0.25, 0.3) is 0 Å². The first-order valence-electron chi connectivity index (χ1n) is 7.49. The summed E-state index contributed by atoms with van der Waals surface area (Å²) in [5.41, 5.74) is 0.467. The summed E-state index contributed by atoms with van der Waals surface area (Å²) in [5.74, 6) is -2.28. The third-order valence-corrected chi connectivity index (χ3v) is 4.58. The summed E-state index contributed by atoms with van der Waals surface area (Å²) in [6, 6.07) is 2.92. The van der Waals surface area contributed by atoms with E-state index in [2.05, 4.69) is 20.3 Å². The van der Waals surface area contributed by atoms with Crippen molar-refractivity contribution in [3.63, 3.8) is 0 Å². The fraction of sp³-hybridized carbons (Fsp3) is 0.188. The average molecular weight is 446 g/mol. The molecule has 1 heterocycles. The van der Waals surface area contributed by atoms with Crippen molar-refractivity contribution in [2.45, 2.75) is 13.0 Å². The van der Waals surface area contributed by atoms with Crippen molar-refractivity contribution in [3.8, 4) is 5.75 Å². The van der Waals surface area contributed by atoms with Gasteiger partial charge in [-0.2, -0.15) is 5.10 Å². The Kier molecular flexibility index (Phi) is 7.44. The van der Waals surface area contributed by atoms with Crippen LogP contribution >= 0.6 is 35.0 Å². The summed E-state index contributed by atoms with van der Waals surface area (Å²) in [5, 5.41) is 19.4. The SMILES string of the molecule is COC(=O)/C=C1/S/C(=N\N=Cc2cc(Cl)c(OC(C)C(=O)O)c(Cl)c2)NC1=O. The maximum Gasteiger partial charge on any atom is 0.344 e. The zero-order valence-corrected chi connectivity index (χ0v) is 16.8. The van der Waals surface area contributed by atoms with Crippen LogP contribution in [0.15, 0.2) is 33.3 Å². The van der Waals surface area contributed by atoms with Crippen molar-refractivity contribution >= 4 is 64.2 Å². The molecule has 2 N–H and O–H groups in total. The maximum absolute atomic E-state index is 11.7. The summed E-state index contributed by atoms with van der Waals surface area (Å²) in [7, 11) is 1.20. The number of carbonyl (C=O) groups excluding carboxylic acids is 2. The maximum atomic E-state index is 11.7. The van der Waals surface area contributed by atoms with E-state index in [0.717, 1.165) is 17.8 Å². The largest absolute Gasteiger partial charge is 0.479 e. The summed E-state index contributed by atoms with van der Waals surface area (Å²) in [4.78, 5) is 33.9. The first-order chi connectivity index (χ1) is 13.2. The number of amides is 1. The Morgan fingerprint density at radius 3 is 2.54 bits per heavy atom. The number of carboxylic acid groups (broad SMARTS) is 1. The van der Waals surface area contributed by atoms with Gasteiger partial charge >= 0.3 is 11.9 Å². The number of rotatable bonds is 6. The number of ether oxygens (including phenoxy) is 2. The smallest absolute Gasteiger partial charge is 0.344 e. The Bertz CT molecular complexity index is 893. The van der Waals surface area contributed by atoms with Crippen LogP contribution in [0.3, 0.4) is 0 Å². The molecular formula is C16H13Cl2N3O6S. The molecule has 0 saturated carbocycles. The predicted octanol–water partition coefficient (Wildman–Crippen LogP) is 2.46. The second-order valence-electron chi connectivity index (χ2n) is 5.15. The molecule has 1 amide bonds. The number of nitrogens with one attached hydrogen (secondary N) is 1. The van der Waals surface area contributed by atoms with Gasteiger partial charge in [0.05, 0.1) is 28.3 Å². The number of benzene rings is 1. The van der Waals surface area contributed by atoms with Crippen molar-refractivity contribution in [2.24, 2.45) is 10.2 Å². The molecule has 12 heteroatoms. The standard InChI is InChI=1S/C16H13Cl2N3O6S/c1-7(15(24)25)27-13-9(17)3-8(4-10(13)18)6-19-21-16-20-14(23)11(28-16)5-12(22)26-2/h3-7H,1-2H3,(H,24,25)(H,20,21,23)/b11-5+,19-6?. The highest BCUT2D eigenvalue weighted by molar-refractivity contribution is 8.18. The molecule has 9 nitrogen and oxygen atoms in total. The molecule has 1 aliphatic rings. The molecule has 0 aliphatic carbocycles. The zero-order chi connectivity index (χ0) is 20.8. The van der Waals surface area contributed by atoms with Gasteiger partial charge in [-0.05, 0) is 36.4 Å². The monoisotopic (exact) mass is 445 g/mol. The number of carboxylic acids is 1. The molecular weight excluding hydrogens is 433 g/mol. The number of esters is 1. The fourth-order valence-electron chi connectivity index (χ4n) is 1.78. The normalized spacial score (nSPS) is 17.8. The third kappa shape index (κ3) is 5.72. The number of hydrogen-bond acceptors (Lipinski definition) is 8. The minimum atomic E-state index is -1.16. The number of hydrogen-bond donors (Lipinski definition) is 2. The van der Waals surface area contributed by atoms with E-state index >= 15 is 0 Å². The highest BCUT2D eigenvalue weighted by Gasteiger charge is 2.25. The summed E-state index contributed by atoms with van der Waals surface area (Å²) >= 11 is 13.1. The van der Waals surface area contributed by atoms with E-state index in [1.807, 2.05) is 0 Å². The van der Waals surface area contributed by atoms with Gasteiger partial charge in [0.15, 0.2) is 17.0 Å². The number of methoxy groups -OCH3 is 1. The van der Waals surface area contributed by atoms with Crippen LogP contribution in [0.1, 0.15) is 12.5 Å². The lowest BCUT2D eigenvalue weighted by atomic mass is 10.2. The molecule has 148 valence electrons. The number of aliphatic carboxylic acids is 1. The minimum absolute atomic E-state index is 0.0397. The van der Waals surface area contributed by atoms with Crippen LogP contribution in [-0.4, -0.2) is 47.5 Å². The topological polar surface area (TPSA) is 127 Å². The summed E-state index contributed by atoms with van der Waals surface area (Å²) in [6.07, 6.45) is 1.24. The summed E-state index contributed by atoms with van der Waals surface area (Å²) < 4.78 is 9.67. The van der Waals surface area contributed by atoms with Gasteiger partial charge in [-0.1, -0.05) is 23.2 Å². The van der Waals surface area contributed by atoms with Crippen molar-refractivity contribution in [1.82, 2.24) is 5.32 Å². The van der Waals surface area contributed by atoms with E-state index in [1.54, 1.807) is 0 Å². The van der Waals surface area contributed by atoms with Crippen LogP contribution in [0.5, 0.6) is 5.75 Å². The molecule has 1 aliphatic heterocycles. The highest BCUT2D eigenvalue weighted by atomic mass is 35.5. The Balaban J connectivity index is 2.12. The average Bonchev–Trinajstić information content (AvgIpc) is 2.97. The van der Waals surface area contributed by atoms with E-state index in [-0.39, 0.29) is 25.9 Å².